The van der Waals surface area contributed by atoms with Crippen molar-refractivity contribution in [3.8, 4) is 17.1 Å². The summed E-state index contributed by atoms with van der Waals surface area (Å²) in [5.41, 5.74) is 5.62. The van der Waals surface area contributed by atoms with E-state index in [4.69, 9.17) is 4.74 Å². The molecule has 3 heterocycles. The SMILES string of the molecule is CN1N=C(CC2CC2)N(Cc2c(-c3ccc(O[C@H]4CCC[C@H](C(=O)O)C4)cn3)nnn2C)N1. The molecule has 0 unspecified atom stereocenters. The predicted octanol–water partition coefficient (Wildman–Crippen LogP) is 2.18. The van der Waals surface area contributed by atoms with Crippen molar-refractivity contribution < 1.29 is 14.6 Å². The van der Waals surface area contributed by atoms with Crippen molar-refractivity contribution in [2.45, 2.75) is 57.6 Å². The van der Waals surface area contributed by atoms with Gasteiger partial charge in [0, 0.05) is 20.5 Å². The lowest BCUT2D eigenvalue weighted by atomic mass is 9.87. The van der Waals surface area contributed by atoms with E-state index in [1.807, 2.05) is 31.2 Å². The van der Waals surface area contributed by atoms with Crippen LogP contribution in [0.4, 0.5) is 0 Å². The Morgan fingerprint density at radius 3 is 2.82 bits per heavy atom. The van der Waals surface area contributed by atoms with Crippen molar-refractivity contribution in [1.29, 1.82) is 0 Å². The number of hydrogen-bond donors (Lipinski definition) is 2. The van der Waals surface area contributed by atoms with Crippen LogP contribution in [0, 0.1) is 11.8 Å². The van der Waals surface area contributed by atoms with Crippen molar-refractivity contribution in [3.63, 3.8) is 0 Å². The summed E-state index contributed by atoms with van der Waals surface area (Å²) < 4.78 is 7.80. The summed E-state index contributed by atoms with van der Waals surface area (Å²) in [6.07, 6.45) is 8.07. The summed E-state index contributed by atoms with van der Waals surface area (Å²) in [6.45, 7) is 0.563. The minimum absolute atomic E-state index is 0.0954. The number of hydrogen-bond acceptors (Lipinski definition) is 9. The number of pyridine rings is 1. The maximum absolute atomic E-state index is 11.3. The first-order valence-electron chi connectivity index (χ1n) is 11.6. The molecule has 2 aromatic heterocycles. The standard InChI is InChI=1S/C22H30N8O3/c1-28-19(13-30-20(10-14-6-7-14)25-29(2)27-30)21(24-26-28)18-9-8-17(12-23-18)33-16-5-3-4-15(11-16)22(31)32/h8-9,12,14-16,27H,3-7,10-11,13H2,1-2H3,(H,31,32)/t15-,16-/m0/s1. The van der Waals surface area contributed by atoms with Crippen LogP contribution in [-0.4, -0.2) is 60.2 Å². The van der Waals surface area contributed by atoms with E-state index in [1.54, 1.807) is 16.0 Å². The number of aliphatic carboxylic acids is 1. The van der Waals surface area contributed by atoms with Gasteiger partial charge in [0.2, 0.25) is 0 Å². The number of amidine groups is 1. The minimum atomic E-state index is -0.740. The third-order valence-corrected chi connectivity index (χ3v) is 6.52. The minimum Gasteiger partial charge on any atom is -0.489 e. The molecule has 2 atom stereocenters. The van der Waals surface area contributed by atoms with Gasteiger partial charge in [0.15, 0.2) is 0 Å². The molecule has 2 N–H and O–H groups in total. The van der Waals surface area contributed by atoms with Crippen LogP contribution < -0.4 is 10.3 Å². The van der Waals surface area contributed by atoms with Gasteiger partial charge in [0.25, 0.3) is 0 Å². The van der Waals surface area contributed by atoms with Crippen molar-refractivity contribution >= 4 is 11.8 Å². The fourth-order valence-electron chi connectivity index (χ4n) is 4.50. The van der Waals surface area contributed by atoms with E-state index >= 15 is 0 Å². The lowest BCUT2D eigenvalue weighted by Gasteiger charge is -2.27. The number of aromatic nitrogens is 4. The zero-order chi connectivity index (χ0) is 22.9. The van der Waals surface area contributed by atoms with E-state index in [-0.39, 0.29) is 12.0 Å². The molecule has 33 heavy (non-hydrogen) atoms. The monoisotopic (exact) mass is 454 g/mol. The maximum Gasteiger partial charge on any atom is 0.306 e. The maximum atomic E-state index is 11.3. The summed E-state index contributed by atoms with van der Waals surface area (Å²) in [7, 11) is 3.77. The summed E-state index contributed by atoms with van der Waals surface area (Å²) >= 11 is 0. The first-order valence-corrected chi connectivity index (χ1v) is 11.6. The quantitative estimate of drug-likeness (QED) is 0.618. The number of rotatable bonds is 8. The third-order valence-electron chi connectivity index (χ3n) is 6.52. The Morgan fingerprint density at radius 1 is 1.24 bits per heavy atom. The van der Waals surface area contributed by atoms with Crippen LogP contribution in [0.1, 0.15) is 50.6 Å². The van der Waals surface area contributed by atoms with Crippen molar-refractivity contribution in [1.82, 2.24) is 35.6 Å². The van der Waals surface area contributed by atoms with Crippen LogP contribution in [0.15, 0.2) is 23.4 Å². The number of carboxylic acids is 1. The summed E-state index contributed by atoms with van der Waals surface area (Å²) in [5.74, 6) is 1.33. The Kier molecular flexibility index (Phi) is 5.88. The largest absolute Gasteiger partial charge is 0.489 e. The topological polar surface area (TPSA) is 121 Å². The molecule has 0 saturated heterocycles. The van der Waals surface area contributed by atoms with Crippen LogP contribution in [0.25, 0.3) is 11.4 Å². The number of carbonyl (C=O) groups is 1. The number of carboxylic acid groups (broad SMARTS) is 1. The van der Waals surface area contributed by atoms with E-state index in [0.29, 0.717) is 24.4 Å². The lowest BCUT2D eigenvalue weighted by Crippen LogP contribution is -2.41. The molecular formula is C22H30N8O3. The molecule has 0 aromatic carbocycles. The highest BCUT2D eigenvalue weighted by Crippen LogP contribution is 2.34. The Labute approximate surface area is 192 Å². The van der Waals surface area contributed by atoms with E-state index in [2.05, 4.69) is 25.9 Å². The number of aryl methyl sites for hydroxylation is 1. The van der Waals surface area contributed by atoms with Crippen LogP contribution in [-0.2, 0) is 18.4 Å². The molecule has 176 valence electrons. The molecule has 1 aliphatic heterocycles. The average Bonchev–Trinajstić information content (AvgIpc) is 3.45. The van der Waals surface area contributed by atoms with Gasteiger partial charge < -0.3 is 9.84 Å². The lowest BCUT2D eigenvalue weighted by molar-refractivity contribution is -0.143. The molecule has 0 bridgehead atoms. The normalized spacial score (nSPS) is 23.0. The summed E-state index contributed by atoms with van der Waals surface area (Å²) in [6, 6.07) is 3.75. The van der Waals surface area contributed by atoms with E-state index < -0.39 is 5.97 Å². The number of ether oxygens (including phenoxy) is 1. The van der Waals surface area contributed by atoms with Gasteiger partial charge in [-0.1, -0.05) is 5.21 Å². The van der Waals surface area contributed by atoms with Crippen LogP contribution in [0.2, 0.25) is 0 Å². The van der Waals surface area contributed by atoms with Gasteiger partial charge in [-0.25, -0.2) is 9.80 Å². The zero-order valence-corrected chi connectivity index (χ0v) is 19.0. The van der Waals surface area contributed by atoms with Gasteiger partial charge in [0.05, 0.1) is 36.2 Å². The molecule has 2 aromatic rings. The van der Waals surface area contributed by atoms with E-state index in [1.165, 1.54) is 12.8 Å². The number of hydrazone groups is 1. The molecule has 0 spiro atoms. The van der Waals surface area contributed by atoms with Gasteiger partial charge in [-0.3, -0.25) is 14.8 Å². The second kappa shape index (κ2) is 8.97. The molecule has 0 radical (unpaired) electrons. The first-order chi connectivity index (χ1) is 16.0. The van der Waals surface area contributed by atoms with Crippen molar-refractivity contribution in [3.05, 3.63) is 24.0 Å². The molecule has 2 fully saturated rings. The van der Waals surface area contributed by atoms with Crippen LogP contribution in [0.5, 0.6) is 5.75 Å². The Bertz CT molecular complexity index is 1030. The van der Waals surface area contributed by atoms with Gasteiger partial charge in [-0.15, -0.1) is 15.7 Å². The third kappa shape index (κ3) is 4.92. The highest BCUT2D eigenvalue weighted by Gasteiger charge is 2.31. The van der Waals surface area contributed by atoms with Gasteiger partial charge in [-0.2, -0.15) is 0 Å². The highest BCUT2D eigenvalue weighted by molar-refractivity contribution is 5.83. The first kappa shape index (κ1) is 21.6. The van der Waals surface area contributed by atoms with Gasteiger partial charge >= 0.3 is 5.97 Å². The molecule has 0 amide bonds. The molecule has 11 heteroatoms. The fourth-order valence-corrected chi connectivity index (χ4v) is 4.50. The summed E-state index contributed by atoms with van der Waals surface area (Å²) in [5, 5.41) is 26.2. The molecule has 2 saturated carbocycles. The highest BCUT2D eigenvalue weighted by atomic mass is 16.5. The molecular weight excluding hydrogens is 424 g/mol. The number of nitrogens with one attached hydrogen (secondary N) is 1. The Balaban J connectivity index is 1.27. The van der Waals surface area contributed by atoms with Crippen molar-refractivity contribution in [2.75, 3.05) is 7.05 Å². The second-order valence-corrected chi connectivity index (χ2v) is 9.20. The molecule has 5 rings (SSSR count). The molecule has 3 aliphatic rings. The predicted molar refractivity (Wildman–Crippen MR) is 119 cm³/mol. The average molecular weight is 455 g/mol. The summed E-state index contributed by atoms with van der Waals surface area (Å²) in [4.78, 5) is 15.9. The smallest absolute Gasteiger partial charge is 0.306 e. The van der Waals surface area contributed by atoms with Crippen molar-refractivity contribution in [2.24, 2.45) is 24.0 Å². The number of nitrogens with zero attached hydrogens (tertiary/aromatic N) is 7. The fraction of sp³-hybridized carbons (Fsp3) is 0.591. The van der Waals surface area contributed by atoms with Crippen LogP contribution >= 0.6 is 0 Å². The Hall–Kier alpha value is -3.21. The van der Waals surface area contributed by atoms with Gasteiger partial charge in [-0.05, 0) is 56.6 Å². The second-order valence-electron chi connectivity index (χ2n) is 9.20. The molecule has 11 nitrogen and oxygen atoms in total. The van der Waals surface area contributed by atoms with Crippen LogP contribution in [0.3, 0.4) is 0 Å². The molecule has 2 aliphatic carbocycles. The van der Waals surface area contributed by atoms with Gasteiger partial charge in [0.1, 0.15) is 17.3 Å². The van der Waals surface area contributed by atoms with E-state index in [9.17, 15) is 9.90 Å². The number of hydrazine groups is 2. The Morgan fingerprint density at radius 2 is 2.09 bits per heavy atom. The zero-order valence-electron chi connectivity index (χ0n) is 19.0. The van der Waals surface area contributed by atoms with E-state index in [0.717, 1.165) is 48.8 Å².